The lowest BCUT2D eigenvalue weighted by Gasteiger charge is -2.14. The highest BCUT2D eigenvalue weighted by atomic mass is 16.4. The number of aryl methyl sites for hydroxylation is 1. The van der Waals surface area contributed by atoms with Crippen molar-refractivity contribution < 1.29 is 14.7 Å². The molecule has 0 bridgehead atoms. The Balaban J connectivity index is 1.82. The maximum absolute atomic E-state index is 11.8. The number of benzene rings is 1. The minimum absolute atomic E-state index is 0.102. The summed E-state index contributed by atoms with van der Waals surface area (Å²) < 4.78 is 0. The van der Waals surface area contributed by atoms with Crippen LogP contribution in [-0.2, 0) is 9.59 Å². The lowest BCUT2D eigenvalue weighted by atomic mass is 10.1. The van der Waals surface area contributed by atoms with Gasteiger partial charge in [-0.3, -0.25) is 14.5 Å². The fourth-order valence-corrected chi connectivity index (χ4v) is 2.22. The van der Waals surface area contributed by atoms with E-state index in [2.05, 4.69) is 5.32 Å². The molecule has 1 fully saturated rings. The molecule has 0 saturated carbocycles. The molecule has 1 saturated heterocycles. The van der Waals surface area contributed by atoms with E-state index < -0.39 is 5.97 Å². The fourth-order valence-electron chi connectivity index (χ4n) is 2.22. The van der Waals surface area contributed by atoms with Crippen molar-refractivity contribution in [3.8, 4) is 0 Å². The topological polar surface area (TPSA) is 69.6 Å². The second-order valence-electron chi connectivity index (χ2n) is 4.97. The van der Waals surface area contributed by atoms with E-state index in [-0.39, 0.29) is 18.4 Å². The van der Waals surface area contributed by atoms with Crippen LogP contribution in [0.5, 0.6) is 0 Å². The Morgan fingerprint density at radius 3 is 2.63 bits per heavy atom. The van der Waals surface area contributed by atoms with Crippen LogP contribution in [0, 0.1) is 12.8 Å². The first-order valence-electron chi connectivity index (χ1n) is 6.36. The molecule has 1 aliphatic rings. The summed E-state index contributed by atoms with van der Waals surface area (Å²) in [6, 6.07) is 7.59. The molecule has 0 aromatic heterocycles. The van der Waals surface area contributed by atoms with Crippen molar-refractivity contribution in [1.29, 1.82) is 0 Å². The monoisotopic (exact) mass is 262 g/mol. The molecular weight excluding hydrogens is 244 g/mol. The van der Waals surface area contributed by atoms with Crippen LogP contribution < -0.4 is 5.32 Å². The number of nitrogens with zero attached hydrogens (tertiary/aromatic N) is 1. The van der Waals surface area contributed by atoms with Gasteiger partial charge in [0.1, 0.15) is 0 Å². The molecule has 102 valence electrons. The predicted molar refractivity (Wildman–Crippen MR) is 72.0 cm³/mol. The number of aliphatic carboxylic acids is 1. The van der Waals surface area contributed by atoms with Crippen molar-refractivity contribution >= 4 is 17.6 Å². The largest absolute Gasteiger partial charge is 0.481 e. The summed E-state index contributed by atoms with van der Waals surface area (Å²) in [6.45, 7) is 3.36. The number of hydrogen-bond donors (Lipinski definition) is 2. The molecule has 1 unspecified atom stereocenters. The Morgan fingerprint density at radius 2 is 2.05 bits per heavy atom. The molecule has 5 heteroatoms. The van der Waals surface area contributed by atoms with E-state index in [4.69, 9.17) is 5.11 Å². The van der Waals surface area contributed by atoms with Crippen LogP contribution in [0.3, 0.4) is 0 Å². The molecule has 5 nitrogen and oxygen atoms in total. The van der Waals surface area contributed by atoms with E-state index in [0.717, 1.165) is 11.3 Å². The second kappa shape index (κ2) is 5.84. The lowest BCUT2D eigenvalue weighted by molar-refractivity contribution is -0.141. The molecule has 2 N–H and O–H groups in total. The SMILES string of the molecule is Cc1ccc(NC(=O)CN2CCC(C(=O)O)C2)cc1. The summed E-state index contributed by atoms with van der Waals surface area (Å²) in [5, 5.41) is 11.7. The summed E-state index contributed by atoms with van der Waals surface area (Å²) >= 11 is 0. The van der Waals surface area contributed by atoms with Gasteiger partial charge in [-0.25, -0.2) is 0 Å². The lowest BCUT2D eigenvalue weighted by Crippen LogP contribution is -2.32. The molecule has 19 heavy (non-hydrogen) atoms. The van der Waals surface area contributed by atoms with E-state index in [1.54, 1.807) is 0 Å². The van der Waals surface area contributed by atoms with Crippen molar-refractivity contribution in [2.24, 2.45) is 5.92 Å². The molecule has 1 heterocycles. The normalized spacial score (nSPS) is 19.3. The van der Waals surface area contributed by atoms with Gasteiger partial charge < -0.3 is 10.4 Å². The first-order chi connectivity index (χ1) is 9.04. The minimum Gasteiger partial charge on any atom is -0.481 e. The molecule has 1 aliphatic heterocycles. The van der Waals surface area contributed by atoms with Gasteiger partial charge in [0, 0.05) is 12.2 Å². The number of carboxylic acid groups (broad SMARTS) is 1. The fraction of sp³-hybridized carbons (Fsp3) is 0.429. The third-order valence-corrected chi connectivity index (χ3v) is 3.32. The van der Waals surface area contributed by atoms with Crippen molar-refractivity contribution in [2.45, 2.75) is 13.3 Å². The first kappa shape index (κ1) is 13.5. The van der Waals surface area contributed by atoms with E-state index >= 15 is 0 Å². The summed E-state index contributed by atoms with van der Waals surface area (Å²) in [6.07, 6.45) is 0.618. The van der Waals surface area contributed by atoms with Crippen molar-refractivity contribution in [2.75, 3.05) is 25.0 Å². The summed E-state index contributed by atoms with van der Waals surface area (Å²) in [4.78, 5) is 24.5. The van der Waals surface area contributed by atoms with Crippen LogP contribution in [-0.4, -0.2) is 41.5 Å². The molecule has 0 aliphatic carbocycles. The van der Waals surface area contributed by atoms with Crippen molar-refractivity contribution in [1.82, 2.24) is 4.90 Å². The van der Waals surface area contributed by atoms with Gasteiger partial charge in [-0.05, 0) is 32.0 Å². The maximum atomic E-state index is 11.8. The van der Waals surface area contributed by atoms with Gasteiger partial charge in [0.05, 0.1) is 12.5 Å². The van der Waals surface area contributed by atoms with Crippen LogP contribution in [0.2, 0.25) is 0 Å². The van der Waals surface area contributed by atoms with Gasteiger partial charge in [0.25, 0.3) is 0 Å². The van der Waals surface area contributed by atoms with E-state index in [9.17, 15) is 9.59 Å². The van der Waals surface area contributed by atoms with Gasteiger partial charge in [-0.15, -0.1) is 0 Å². The molecule has 1 amide bonds. The van der Waals surface area contributed by atoms with Crippen molar-refractivity contribution in [3.05, 3.63) is 29.8 Å². The van der Waals surface area contributed by atoms with Crippen LogP contribution in [0.1, 0.15) is 12.0 Å². The number of anilines is 1. The number of rotatable bonds is 4. The molecule has 1 atom stereocenters. The maximum Gasteiger partial charge on any atom is 0.307 e. The molecule has 0 spiro atoms. The standard InChI is InChI=1S/C14H18N2O3/c1-10-2-4-12(5-3-10)15-13(17)9-16-7-6-11(8-16)14(18)19/h2-5,11H,6-9H2,1H3,(H,15,17)(H,18,19). The average molecular weight is 262 g/mol. The third kappa shape index (κ3) is 3.79. The number of likely N-dealkylation sites (tertiary alicyclic amines) is 1. The Morgan fingerprint density at radius 1 is 1.37 bits per heavy atom. The van der Waals surface area contributed by atoms with Crippen LogP contribution in [0.15, 0.2) is 24.3 Å². The van der Waals surface area contributed by atoms with Gasteiger partial charge >= 0.3 is 5.97 Å². The van der Waals surface area contributed by atoms with Gasteiger partial charge in [0.2, 0.25) is 5.91 Å². The number of carbonyl (C=O) groups excluding carboxylic acids is 1. The quantitative estimate of drug-likeness (QED) is 0.859. The van der Waals surface area contributed by atoms with Crippen LogP contribution in [0.4, 0.5) is 5.69 Å². The Bertz CT molecular complexity index is 470. The zero-order valence-corrected chi connectivity index (χ0v) is 10.9. The number of nitrogens with one attached hydrogen (secondary N) is 1. The van der Waals surface area contributed by atoms with Crippen molar-refractivity contribution in [3.63, 3.8) is 0 Å². The highest BCUT2D eigenvalue weighted by Crippen LogP contribution is 2.16. The highest BCUT2D eigenvalue weighted by molar-refractivity contribution is 5.92. The summed E-state index contributed by atoms with van der Waals surface area (Å²) in [5.74, 6) is -1.22. The zero-order chi connectivity index (χ0) is 13.8. The number of hydrogen-bond acceptors (Lipinski definition) is 3. The number of amides is 1. The van der Waals surface area contributed by atoms with Gasteiger partial charge in [-0.1, -0.05) is 17.7 Å². The van der Waals surface area contributed by atoms with E-state index in [1.807, 2.05) is 36.1 Å². The van der Waals surface area contributed by atoms with Crippen LogP contribution in [0.25, 0.3) is 0 Å². The van der Waals surface area contributed by atoms with E-state index in [1.165, 1.54) is 0 Å². The molecule has 0 radical (unpaired) electrons. The Kier molecular flexibility index (Phi) is 4.16. The number of carboxylic acids is 1. The molecule has 1 aromatic carbocycles. The van der Waals surface area contributed by atoms with E-state index in [0.29, 0.717) is 19.5 Å². The van der Waals surface area contributed by atoms with Crippen LogP contribution >= 0.6 is 0 Å². The molecular formula is C14H18N2O3. The molecule has 1 aromatic rings. The van der Waals surface area contributed by atoms with Gasteiger partial charge in [-0.2, -0.15) is 0 Å². The van der Waals surface area contributed by atoms with Gasteiger partial charge in [0.15, 0.2) is 0 Å². The first-order valence-corrected chi connectivity index (χ1v) is 6.36. The third-order valence-electron chi connectivity index (χ3n) is 3.32. The smallest absolute Gasteiger partial charge is 0.307 e. The number of carbonyl (C=O) groups is 2. The zero-order valence-electron chi connectivity index (χ0n) is 10.9. The average Bonchev–Trinajstić information content (AvgIpc) is 2.80. The second-order valence-corrected chi connectivity index (χ2v) is 4.97. The minimum atomic E-state index is -0.776. The highest BCUT2D eigenvalue weighted by Gasteiger charge is 2.28. The summed E-state index contributed by atoms with van der Waals surface area (Å²) in [7, 11) is 0. The Labute approximate surface area is 112 Å². The molecule has 2 rings (SSSR count). The Hall–Kier alpha value is -1.88. The summed E-state index contributed by atoms with van der Waals surface area (Å²) in [5.41, 5.74) is 1.91. The predicted octanol–water partition coefficient (Wildman–Crippen LogP) is 1.34.